The molecule has 1 N–H and O–H groups in total. The van der Waals surface area contributed by atoms with Crippen LogP contribution in [0.2, 0.25) is 0 Å². The van der Waals surface area contributed by atoms with Crippen molar-refractivity contribution in [3.8, 4) is 0 Å². The first kappa shape index (κ1) is 8.53. The largest absolute Gasteiger partial charge is 0.481 e. The quantitative estimate of drug-likeness (QED) is 0.796. The summed E-state index contributed by atoms with van der Waals surface area (Å²) >= 11 is 6.69. The molecule has 0 amide bonds. The average Bonchev–Trinajstić information content (AvgIpc) is 2.64. The number of hydrogen-bond donors (Lipinski definition) is 1. The minimum Gasteiger partial charge on any atom is -0.481 e. The molecule has 58 valence electrons. The topological polar surface area (TPSA) is 37.3 Å². The highest BCUT2D eigenvalue weighted by Crippen LogP contribution is 2.44. The SMILES string of the molecule is O=C(O)C1CC1C(Br)CBr. The second kappa shape index (κ2) is 3.22. The van der Waals surface area contributed by atoms with Crippen LogP contribution in [0.1, 0.15) is 6.42 Å². The van der Waals surface area contributed by atoms with Crippen molar-refractivity contribution in [2.75, 3.05) is 5.33 Å². The van der Waals surface area contributed by atoms with Crippen LogP contribution in [0.15, 0.2) is 0 Å². The van der Waals surface area contributed by atoms with E-state index in [1.807, 2.05) is 0 Å². The summed E-state index contributed by atoms with van der Waals surface area (Å²) in [5, 5.41) is 9.37. The molecule has 0 heterocycles. The van der Waals surface area contributed by atoms with Gasteiger partial charge in [0.05, 0.1) is 5.92 Å². The minimum atomic E-state index is -0.657. The van der Waals surface area contributed by atoms with Crippen LogP contribution < -0.4 is 0 Å². The lowest BCUT2D eigenvalue weighted by Crippen LogP contribution is -2.08. The standard InChI is InChI=1S/C6H8Br2O2/c7-2-5(8)3-1-4(3)6(9)10/h3-5H,1-2H2,(H,9,10). The van der Waals surface area contributed by atoms with Crippen LogP contribution in [0.3, 0.4) is 0 Å². The van der Waals surface area contributed by atoms with Gasteiger partial charge in [0.15, 0.2) is 0 Å². The summed E-state index contributed by atoms with van der Waals surface area (Å²) in [7, 11) is 0. The lowest BCUT2D eigenvalue weighted by molar-refractivity contribution is -0.138. The third kappa shape index (κ3) is 1.72. The number of rotatable bonds is 3. The first-order valence-corrected chi connectivity index (χ1v) is 5.13. The predicted molar refractivity (Wildman–Crippen MR) is 45.7 cm³/mol. The number of halogens is 2. The fourth-order valence-electron chi connectivity index (χ4n) is 1.01. The van der Waals surface area contributed by atoms with E-state index in [2.05, 4.69) is 31.9 Å². The molecule has 3 unspecified atom stereocenters. The van der Waals surface area contributed by atoms with Crippen LogP contribution in [-0.2, 0) is 4.79 Å². The molecule has 0 bridgehead atoms. The molecule has 1 fully saturated rings. The summed E-state index contributed by atoms with van der Waals surface area (Å²) in [5.74, 6) is -0.408. The monoisotopic (exact) mass is 270 g/mol. The van der Waals surface area contributed by atoms with E-state index in [-0.39, 0.29) is 5.92 Å². The van der Waals surface area contributed by atoms with Gasteiger partial charge in [-0.1, -0.05) is 31.9 Å². The Morgan fingerprint density at radius 3 is 2.70 bits per heavy atom. The number of carboxylic acid groups (broad SMARTS) is 1. The van der Waals surface area contributed by atoms with Gasteiger partial charge in [-0.25, -0.2) is 0 Å². The Balaban J connectivity index is 2.31. The third-order valence-corrected chi connectivity index (χ3v) is 4.34. The number of carboxylic acids is 1. The second-order valence-electron chi connectivity index (χ2n) is 2.51. The minimum absolute atomic E-state index is 0.0954. The van der Waals surface area contributed by atoms with Gasteiger partial charge in [0, 0.05) is 10.2 Å². The molecule has 1 aliphatic rings. The van der Waals surface area contributed by atoms with Crippen LogP contribution in [0.5, 0.6) is 0 Å². The Morgan fingerprint density at radius 2 is 2.40 bits per heavy atom. The van der Waals surface area contributed by atoms with E-state index in [1.54, 1.807) is 0 Å². The van der Waals surface area contributed by atoms with Gasteiger partial charge in [-0.2, -0.15) is 0 Å². The van der Waals surface area contributed by atoms with E-state index in [1.165, 1.54) is 0 Å². The maximum atomic E-state index is 10.4. The summed E-state index contributed by atoms with van der Waals surface area (Å²) in [6, 6.07) is 0. The third-order valence-electron chi connectivity index (χ3n) is 1.77. The number of carbonyl (C=O) groups is 1. The van der Waals surface area contributed by atoms with E-state index in [9.17, 15) is 4.79 Å². The van der Waals surface area contributed by atoms with Crippen molar-refractivity contribution in [3.05, 3.63) is 0 Å². The maximum absolute atomic E-state index is 10.4. The van der Waals surface area contributed by atoms with Gasteiger partial charge in [0.1, 0.15) is 0 Å². The van der Waals surface area contributed by atoms with Crippen molar-refractivity contribution < 1.29 is 9.90 Å². The lowest BCUT2D eigenvalue weighted by atomic mass is 10.2. The van der Waals surface area contributed by atoms with Gasteiger partial charge in [0.2, 0.25) is 0 Å². The molecule has 4 heteroatoms. The average molecular weight is 272 g/mol. The number of hydrogen-bond acceptors (Lipinski definition) is 1. The molecule has 0 spiro atoms. The van der Waals surface area contributed by atoms with Crippen molar-refractivity contribution in [2.24, 2.45) is 11.8 Å². The Bertz CT molecular complexity index is 149. The van der Waals surface area contributed by atoms with Crippen LogP contribution >= 0.6 is 31.9 Å². The highest BCUT2D eigenvalue weighted by Gasteiger charge is 2.46. The predicted octanol–water partition coefficient (Wildman–Crippen LogP) is 1.87. The van der Waals surface area contributed by atoms with Gasteiger partial charge < -0.3 is 5.11 Å². The number of alkyl halides is 2. The van der Waals surface area contributed by atoms with Gasteiger partial charge in [0.25, 0.3) is 0 Å². The Labute approximate surface area is 76.2 Å². The highest BCUT2D eigenvalue weighted by molar-refractivity contribution is 9.12. The Hall–Kier alpha value is 0.430. The molecule has 3 atom stereocenters. The molecule has 10 heavy (non-hydrogen) atoms. The molecule has 0 aromatic rings. The Kier molecular flexibility index (Phi) is 2.74. The van der Waals surface area contributed by atoms with Gasteiger partial charge >= 0.3 is 5.97 Å². The summed E-state index contributed by atoms with van der Waals surface area (Å²) in [4.78, 5) is 10.7. The summed E-state index contributed by atoms with van der Waals surface area (Å²) in [6.07, 6.45) is 0.830. The van der Waals surface area contributed by atoms with Crippen LogP contribution in [-0.4, -0.2) is 21.2 Å². The molecule has 1 saturated carbocycles. The van der Waals surface area contributed by atoms with Gasteiger partial charge in [-0.3, -0.25) is 4.79 Å². The van der Waals surface area contributed by atoms with E-state index in [4.69, 9.17) is 5.11 Å². The van der Waals surface area contributed by atoms with Gasteiger partial charge in [-0.05, 0) is 12.3 Å². The van der Waals surface area contributed by atoms with E-state index in [0.29, 0.717) is 10.7 Å². The van der Waals surface area contributed by atoms with Crippen molar-refractivity contribution in [3.63, 3.8) is 0 Å². The van der Waals surface area contributed by atoms with E-state index in [0.717, 1.165) is 11.8 Å². The zero-order valence-electron chi connectivity index (χ0n) is 5.26. The molecule has 1 aliphatic carbocycles. The fourth-order valence-corrected chi connectivity index (χ4v) is 2.08. The Morgan fingerprint density at radius 1 is 1.80 bits per heavy atom. The second-order valence-corrected chi connectivity index (χ2v) is 4.34. The van der Waals surface area contributed by atoms with Crippen LogP contribution in [0, 0.1) is 11.8 Å². The van der Waals surface area contributed by atoms with Crippen molar-refractivity contribution in [1.82, 2.24) is 0 Å². The normalized spacial score (nSPS) is 33.4. The molecular weight excluding hydrogens is 264 g/mol. The summed E-state index contributed by atoms with van der Waals surface area (Å²) in [6.45, 7) is 0. The highest BCUT2D eigenvalue weighted by atomic mass is 79.9. The first-order valence-electron chi connectivity index (χ1n) is 3.09. The van der Waals surface area contributed by atoms with Gasteiger partial charge in [-0.15, -0.1) is 0 Å². The zero-order valence-corrected chi connectivity index (χ0v) is 8.43. The molecule has 1 rings (SSSR count). The molecule has 2 nitrogen and oxygen atoms in total. The number of aliphatic carboxylic acids is 1. The lowest BCUT2D eigenvalue weighted by Gasteiger charge is -2.00. The molecule has 0 radical (unpaired) electrons. The van der Waals surface area contributed by atoms with Crippen molar-refractivity contribution in [1.29, 1.82) is 0 Å². The molecular formula is C6H8Br2O2. The molecule has 0 saturated heterocycles. The van der Waals surface area contributed by atoms with Crippen LogP contribution in [0.25, 0.3) is 0 Å². The maximum Gasteiger partial charge on any atom is 0.306 e. The van der Waals surface area contributed by atoms with E-state index >= 15 is 0 Å². The van der Waals surface area contributed by atoms with E-state index < -0.39 is 5.97 Å². The molecule has 0 aromatic carbocycles. The smallest absolute Gasteiger partial charge is 0.306 e. The van der Waals surface area contributed by atoms with Crippen LogP contribution in [0.4, 0.5) is 0 Å². The summed E-state index contributed by atoms with van der Waals surface area (Å²) < 4.78 is 0. The fraction of sp³-hybridized carbons (Fsp3) is 0.833. The van der Waals surface area contributed by atoms with Crippen molar-refractivity contribution in [2.45, 2.75) is 11.2 Å². The molecule has 0 aliphatic heterocycles. The first-order chi connectivity index (χ1) is 4.66. The summed E-state index contributed by atoms with van der Waals surface area (Å²) in [5.41, 5.74) is 0. The van der Waals surface area contributed by atoms with Crippen molar-refractivity contribution >= 4 is 37.8 Å². The zero-order chi connectivity index (χ0) is 7.72. The molecule has 0 aromatic heterocycles.